The summed E-state index contributed by atoms with van der Waals surface area (Å²) in [5, 5.41) is 4.93. The number of carbonyl (C=O) groups excluding carboxylic acids is 4. The molecule has 1 N–H and O–H groups in total. The molecule has 3 aliphatic rings. The Kier molecular flexibility index (Phi) is 28.5. The van der Waals surface area contributed by atoms with Crippen LogP contribution in [-0.4, -0.2) is 177 Å². The van der Waals surface area contributed by atoms with Gasteiger partial charge in [0.2, 0.25) is 29.6 Å². The third-order valence-corrected chi connectivity index (χ3v) is 24.8. The summed E-state index contributed by atoms with van der Waals surface area (Å²) in [6, 6.07) is 23.4. The monoisotopic (exact) mass is 1840 g/mol. The first-order valence-corrected chi connectivity index (χ1v) is 44.6. The maximum atomic E-state index is 15.2. The number of aromatic nitrogens is 13. The summed E-state index contributed by atoms with van der Waals surface area (Å²) in [4.78, 5) is 150. The van der Waals surface area contributed by atoms with E-state index >= 15 is 8.78 Å². The van der Waals surface area contributed by atoms with Gasteiger partial charge in [0.1, 0.15) is 34.9 Å². The molecule has 6 unspecified atom stereocenters. The smallest absolute Gasteiger partial charge is 0.349 e. The highest BCUT2D eigenvalue weighted by Crippen LogP contribution is 2.43. The maximum Gasteiger partial charge on any atom is 0.355 e. The second-order valence-electron chi connectivity index (χ2n) is 34.9. The first-order chi connectivity index (χ1) is 62.1. The van der Waals surface area contributed by atoms with Crippen LogP contribution in [0, 0.1) is 45.1 Å². The molecule has 3 saturated heterocycles. The second kappa shape index (κ2) is 39.0. The summed E-state index contributed by atoms with van der Waals surface area (Å²) < 4.78 is 49.3. The second-order valence-corrected chi connectivity index (χ2v) is 36.2. The molecule has 0 aliphatic carbocycles. The number of halogens is 6. The Bertz CT molecular complexity index is 6560. The summed E-state index contributed by atoms with van der Waals surface area (Å²) in [6.07, 6.45) is 7.36. The van der Waals surface area contributed by atoms with E-state index in [9.17, 15) is 38.0 Å². The first kappa shape index (κ1) is 95.6. The van der Waals surface area contributed by atoms with E-state index in [1.54, 1.807) is 94.7 Å². The topological polar surface area (TPSA) is 295 Å². The normalized spacial score (nSPS) is 17.0. The summed E-state index contributed by atoms with van der Waals surface area (Å²) in [6.45, 7) is 49.5. The number of aryl methyl sites for hydroxylation is 3. The van der Waals surface area contributed by atoms with Crippen LogP contribution in [0.3, 0.4) is 0 Å². The minimum atomic E-state index is -0.647. The van der Waals surface area contributed by atoms with Crippen LogP contribution >= 0.6 is 34.8 Å². The number of pyridine rings is 5. The number of nitrogens with zero attached hydrogens (tertiary/aromatic N) is 19. The number of carbonyl (C=O) groups is 4. The molecule has 27 nitrogen and oxygen atoms in total. The molecule has 12 aromatic rings. The van der Waals surface area contributed by atoms with Crippen molar-refractivity contribution in [2.45, 2.75) is 191 Å². The Morgan fingerprint density at radius 1 is 0.412 bits per heavy atom. The van der Waals surface area contributed by atoms with Crippen LogP contribution in [0.5, 0.6) is 0 Å². The molecule has 15 rings (SSSR count). The number of hydrogen-bond donors (Lipinski definition) is 1. The van der Waals surface area contributed by atoms with Crippen LogP contribution in [0.25, 0.3) is 83.9 Å². The lowest BCUT2D eigenvalue weighted by atomic mass is 10.0. The minimum absolute atomic E-state index is 0.00105. The van der Waals surface area contributed by atoms with Gasteiger partial charge in [0.15, 0.2) is 16.9 Å². The highest BCUT2D eigenvalue weighted by molar-refractivity contribution is 6.35. The van der Waals surface area contributed by atoms with E-state index in [1.165, 1.54) is 57.1 Å². The van der Waals surface area contributed by atoms with Crippen LogP contribution in [0.15, 0.2) is 156 Å². The third-order valence-electron chi connectivity index (χ3n) is 24.0. The zero-order chi connectivity index (χ0) is 95.2. The van der Waals surface area contributed by atoms with E-state index in [-0.39, 0.29) is 134 Å². The largest absolute Gasteiger partial charge is 0.355 e. The summed E-state index contributed by atoms with van der Waals surface area (Å²) in [5.74, 6) is -1.29. The molecule has 3 aromatic carbocycles. The molecular formula is C98H106Cl3F3N20O7. The number of hydrogen-bond acceptors (Lipinski definition) is 20. The van der Waals surface area contributed by atoms with Crippen LogP contribution in [0.4, 0.5) is 36.6 Å². The van der Waals surface area contributed by atoms with E-state index < -0.39 is 28.7 Å². The van der Waals surface area contributed by atoms with Gasteiger partial charge in [-0.25, -0.2) is 66.2 Å². The molecule has 0 radical (unpaired) electrons. The summed E-state index contributed by atoms with van der Waals surface area (Å²) >= 11 is 20.6. The number of nitrogens with one attached hydrogen (secondary N) is 1. The van der Waals surface area contributed by atoms with E-state index in [4.69, 9.17) is 49.8 Å². The number of piperazine rings is 3. The fraction of sp³-hybridized carbons (Fsp3) is 0.357. The average Bonchev–Trinajstić information content (AvgIpc) is 0.739. The molecule has 3 aliphatic heterocycles. The number of anilines is 4. The maximum absolute atomic E-state index is 15.2. The van der Waals surface area contributed by atoms with Crippen molar-refractivity contribution in [2.24, 2.45) is 0 Å². The van der Waals surface area contributed by atoms with E-state index in [0.717, 1.165) is 22.4 Å². The van der Waals surface area contributed by atoms with E-state index in [0.29, 0.717) is 140 Å². The molecular weight excluding hydrogens is 1730 g/mol. The first-order valence-electron chi connectivity index (χ1n) is 43.5. The highest BCUT2D eigenvalue weighted by atomic mass is 35.5. The van der Waals surface area contributed by atoms with Crippen molar-refractivity contribution in [3.63, 3.8) is 0 Å². The van der Waals surface area contributed by atoms with Crippen LogP contribution in [0.1, 0.15) is 173 Å². The lowest BCUT2D eigenvalue weighted by Gasteiger charge is -2.44. The minimum Gasteiger partial charge on any atom is -0.349 e. The van der Waals surface area contributed by atoms with E-state index in [2.05, 4.69) is 59.9 Å². The molecule has 12 heterocycles. The highest BCUT2D eigenvalue weighted by Gasteiger charge is 2.40. The van der Waals surface area contributed by atoms with Crippen LogP contribution < -0.4 is 37.1 Å². The molecule has 33 heteroatoms. The van der Waals surface area contributed by atoms with Gasteiger partial charge in [0.25, 0.3) is 0 Å². The van der Waals surface area contributed by atoms with Gasteiger partial charge < -0.3 is 29.4 Å². The fourth-order valence-corrected chi connectivity index (χ4v) is 18.1. The Morgan fingerprint density at radius 3 is 1.12 bits per heavy atom. The molecule has 0 bridgehead atoms. The molecule has 9 aromatic heterocycles. The van der Waals surface area contributed by atoms with Gasteiger partial charge in [-0.15, -0.1) is 0 Å². The summed E-state index contributed by atoms with van der Waals surface area (Å²) in [7, 11) is 0. The van der Waals surface area contributed by atoms with Crippen LogP contribution in [0.2, 0.25) is 15.1 Å². The fourth-order valence-electron chi connectivity index (χ4n) is 17.3. The van der Waals surface area contributed by atoms with Gasteiger partial charge >= 0.3 is 17.1 Å². The predicted octanol–water partition coefficient (Wildman–Crippen LogP) is 17.8. The Balaban J connectivity index is 0.000000168. The van der Waals surface area contributed by atoms with Crippen molar-refractivity contribution in [3.8, 4) is 50.8 Å². The quantitative estimate of drug-likeness (QED) is 0.0828. The Hall–Kier alpha value is -12.9. The van der Waals surface area contributed by atoms with Crippen LogP contribution in [-0.2, 0) is 19.2 Å². The van der Waals surface area contributed by atoms with Gasteiger partial charge in [0.05, 0.1) is 88.1 Å². The Morgan fingerprint density at radius 2 is 0.756 bits per heavy atom. The lowest BCUT2D eigenvalue weighted by Crippen LogP contribution is -2.58. The molecule has 131 heavy (non-hydrogen) atoms. The van der Waals surface area contributed by atoms with Crippen molar-refractivity contribution >= 4 is 115 Å². The molecule has 6 atom stereocenters. The Labute approximate surface area is 772 Å². The average molecular weight is 1840 g/mol. The third kappa shape index (κ3) is 18.8. The SMILES string of the molecule is C=CC(=O)N1CC(C)N(c2nc(=O)n(-c3c(C(C)C)nc(NC(C)=O)nc3C(C)C)c3nc(-c4ccccc4F)c(Cl)cc23)CC1C.C=CC(=O)N1CC(C)N(c2nc(=O)n(-c3c(C)ccnc3C(C)C)c3nc(-c4cc(C)ccc4F)c(Cl)cc23)CC1C.C=CC(=O)N1CC(C)N(c2nc(=O)n(-c3c(C)ccnc3C(C)C)c3nc(-c4cccc(F)c4C)c(Cl)cc23)CC1C. The van der Waals surface area contributed by atoms with Gasteiger partial charge in [-0.1, -0.05) is 146 Å². The van der Waals surface area contributed by atoms with Gasteiger partial charge in [-0.2, -0.15) is 15.0 Å². The zero-order valence-corrected chi connectivity index (χ0v) is 79.1. The van der Waals surface area contributed by atoms with Crippen molar-refractivity contribution in [2.75, 3.05) is 59.3 Å². The standard InChI is InChI=1S/C34H38ClFN8O3.2C32H34ClFN6O2/c1-9-26(46)42-15-20(7)43(16-19(42)6)31-23-14-24(35)29(22-12-10-11-13-25(22)36)38-32(23)44(34(47)41-31)30-27(17(2)3)39-33(37-21(8)45)40-28(30)18(4)5;1-8-26(41)38-15-21(7)39(16-20(38)6)30-23-14-24(33)28(22-13-18(4)9-10-25(22)34)36-31(23)40(32(42)37-30)29-19(5)11-12-35-27(29)17(2)3;1-8-26(41)38-15-20(6)39(16-19(38)5)30-23-14-24(33)28(22-10-9-11-25(34)21(22)7)36-31(23)40(32(42)37-30)29-18(4)12-13-35-27(29)17(2)3/h9-14,17-20H,1,15-16H2,2-8H3,(H,37,39,40,45);8-14,17,20-21H,1,15-16H2,2-7H3;8-14,17,19-20H,1,15-16H2,2-7H3. The van der Waals surface area contributed by atoms with Crippen molar-refractivity contribution in [1.82, 2.24) is 78.2 Å². The zero-order valence-electron chi connectivity index (χ0n) is 76.8. The summed E-state index contributed by atoms with van der Waals surface area (Å²) in [5.41, 5.74) is 7.74. The van der Waals surface area contributed by atoms with E-state index in [1.807, 2.05) is 145 Å². The number of fused-ring (bicyclic) bond motifs is 3. The van der Waals surface area contributed by atoms with Crippen molar-refractivity contribution < 1.29 is 32.3 Å². The predicted molar refractivity (Wildman–Crippen MR) is 512 cm³/mol. The van der Waals surface area contributed by atoms with Crippen molar-refractivity contribution in [3.05, 3.63) is 250 Å². The molecule has 682 valence electrons. The number of amides is 4. The van der Waals surface area contributed by atoms with Gasteiger partial charge in [0, 0.05) is 112 Å². The molecule has 4 amide bonds. The molecule has 0 spiro atoms. The number of benzene rings is 3. The molecule has 0 saturated carbocycles. The molecule has 3 fully saturated rings. The van der Waals surface area contributed by atoms with Crippen molar-refractivity contribution in [1.29, 1.82) is 0 Å². The lowest BCUT2D eigenvalue weighted by molar-refractivity contribution is -0.129. The number of rotatable bonds is 17. The van der Waals surface area contributed by atoms with Gasteiger partial charge in [-0.3, -0.25) is 34.5 Å². The van der Waals surface area contributed by atoms with Gasteiger partial charge in [-0.05, 0) is 188 Å².